The van der Waals surface area contributed by atoms with E-state index in [9.17, 15) is 0 Å². The Labute approximate surface area is 132 Å². The van der Waals surface area contributed by atoms with E-state index in [-0.39, 0.29) is 12.1 Å². The fourth-order valence-electron chi connectivity index (χ4n) is 2.76. The number of hydrogen-bond acceptors (Lipinski definition) is 3. The Hall–Kier alpha value is -1.68. The minimum absolute atomic E-state index is 0.232. The maximum Gasteiger partial charge on any atom is 0.0767 e. The topological polar surface area (TPSA) is 30.5 Å². The number of ether oxygens (including phenoxy) is 2. The first kappa shape index (κ1) is 15.2. The number of benzene rings is 2. The minimum Gasteiger partial charge on any atom is -0.375 e. The molecule has 0 aromatic heterocycles. The highest BCUT2D eigenvalue weighted by molar-refractivity contribution is 5.14. The van der Waals surface area contributed by atoms with Crippen LogP contribution in [0.15, 0.2) is 60.7 Å². The minimum atomic E-state index is 0.232. The molecular weight excluding hydrogens is 274 g/mol. The molecule has 3 nitrogen and oxygen atoms in total. The van der Waals surface area contributed by atoms with Crippen LogP contribution in [0.25, 0.3) is 0 Å². The van der Waals surface area contributed by atoms with Crippen LogP contribution in [0.2, 0.25) is 0 Å². The smallest absolute Gasteiger partial charge is 0.0767 e. The summed E-state index contributed by atoms with van der Waals surface area (Å²) in [6.07, 6.45) is 1.28. The second kappa shape index (κ2) is 8.08. The van der Waals surface area contributed by atoms with Gasteiger partial charge in [0.2, 0.25) is 0 Å². The van der Waals surface area contributed by atoms with Crippen LogP contribution in [0.1, 0.15) is 17.5 Å². The predicted molar refractivity (Wildman–Crippen MR) is 87.5 cm³/mol. The second-order valence-corrected chi connectivity index (χ2v) is 5.69. The molecule has 0 spiro atoms. The van der Waals surface area contributed by atoms with Gasteiger partial charge in [-0.2, -0.15) is 0 Å². The second-order valence-electron chi connectivity index (χ2n) is 5.69. The molecule has 0 radical (unpaired) electrons. The van der Waals surface area contributed by atoms with Gasteiger partial charge in [0, 0.05) is 0 Å². The number of hydrogen-bond donors (Lipinski definition) is 1. The summed E-state index contributed by atoms with van der Waals surface area (Å²) in [4.78, 5) is 0. The summed E-state index contributed by atoms with van der Waals surface area (Å²) in [5, 5.41) is 3.48. The number of nitrogens with one attached hydrogen (secondary N) is 1. The Balaban J connectivity index is 1.42. The monoisotopic (exact) mass is 297 g/mol. The van der Waals surface area contributed by atoms with Crippen LogP contribution in [0, 0.1) is 0 Å². The normalized spacial score (nSPS) is 21.1. The van der Waals surface area contributed by atoms with E-state index in [1.54, 1.807) is 0 Å². The molecule has 2 aromatic carbocycles. The van der Waals surface area contributed by atoms with Gasteiger partial charge in [0.15, 0.2) is 0 Å². The molecule has 2 aromatic rings. The Morgan fingerprint density at radius 2 is 1.50 bits per heavy atom. The van der Waals surface area contributed by atoms with Crippen LogP contribution < -0.4 is 5.32 Å². The maximum atomic E-state index is 6.06. The first-order valence-corrected chi connectivity index (χ1v) is 7.92. The molecule has 1 heterocycles. The summed E-state index contributed by atoms with van der Waals surface area (Å²) in [5.74, 6) is 0. The Kier molecular flexibility index (Phi) is 5.59. The van der Waals surface area contributed by atoms with Crippen LogP contribution in [-0.2, 0) is 22.7 Å². The molecule has 3 rings (SSSR count). The summed E-state index contributed by atoms with van der Waals surface area (Å²) in [7, 11) is 0. The summed E-state index contributed by atoms with van der Waals surface area (Å²) < 4.78 is 11.9. The Morgan fingerprint density at radius 3 is 2.18 bits per heavy atom. The van der Waals surface area contributed by atoms with Crippen molar-refractivity contribution in [2.45, 2.75) is 31.8 Å². The Morgan fingerprint density at radius 1 is 0.864 bits per heavy atom. The lowest BCUT2D eigenvalue weighted by atomic mass is 10.2. The zero-order valence-corrected chi connectivity index (χ0v) is 12.8. The van der Waals surface area contributed by atoms with E-state index in [1.165, 1.54) is 11.1 Å². The standard InChI is InChI=1S/C19H23NO2/c1-3-7-16(8-4-1)13-21-15-18-19(11-12-20-18)22-14-17-9-5-2-6-10-17/h1-10,18-20H,11-15H2. The third-order valence-corrected chi connectivity index (χ3v) is 4.00. The van der Waals surface area contributed by atoms with Gasteiger partial charge in [0.05, 0.1) is 32.0 Å². The third-order valence-electron chi connectivity index (χ3n) is 4.00. The molecule has 2 atom stereocenters. The first-order chi connectivity index (χ1) is 10.9. The lowest BCUT2D eigenvalue weighted by Gasteiger charge is -2.20. The Bertz CT molecular complexity index is 544. The van der Waals surface area contributed by atoms with Crippen molar-refractivity contribution in [1.82, 2.24) is 5.32 Å². The summed E-state index contributed by atoms with van der Waals surface area (Å²) in [5.41, 5.74) is 2.43. The summed E-state index contributed by atoms with van der Waals surface area (Å²) >= 11 is 0. The van der Waals surface area contributed by atoms with Crippen LogP contribution in [0.4, 0.5) is 0 Å². The molecule has 0 bridgehead atoms. The van der Waals surface area contributed by atoms with Gasteiger partial charge >= 0.3 is 0 Å². The molecule has 0 saturated carbocycles. The molecule has 1 fully saturated rings. The molecule has 22 heavy (non-hydrogen) atoms. The summed E-state index contributed by atoms with van der Waals surface area (Å²) in [6.45, 7) is 3.01. The van der Waals surface area contributed by atoms with Crippen molar-refractivity contribution < 1.29 is 9.47 Å². The molecule has 0 amide bonds. The maximum absolute atomic E-state index is 6.06. The average molecular weight is 297 g/mol. The van der Waals surface area contributed by atoms with Gasteiger partial charge in [-0.15, -0.1) is 0 Å². The quantitative estimate of drug-likeness (QED) is 0.851. The number of rotatable bonds is 7. The van der Waals surface area contributed by atoms with Crippen molar-refractivity contribution in [3.05, 3.63) is 71.8 Å². The van der Waals surface area contributed by atoms with Gasteiger partial charge < -0.3 is 14.8 Å². The van der Waals surface area contributed by atoms with E-state index < -0.39 is 0 Å². The van der Waals surface area contributed by atoms with Gasteiger partial charge in [-0.05, 0) is 24.1 Å². The van der Waals surface area contributed by atoms with Crippen molar-refractivity contribution in [3.8, 4) is 0 Å². The lowest BCUT2D eigenvalue weighted by molar-refractivity contribution is 0.00216. The average Bonchev–Trinajstić information content (AvgIpc) is 3.02. The molecule has 2 unspecified atom stereocenters. The molecule has 1 aliphatic rings. The first-order valence-electron chi connectivity index (χ1n) is 7.92. The predicted octanol–water partition coefficient (Wildman–Crippen LogP) is 3.15. The van der Waals surface area contributed by atoms with Crippen LogP contribution in [-0.4, -0.2) is 25.3 Å². The van der Waals surface area contributed by atoms with Crippen molar-refractivity contribution in [1.29, 1.82) is 0 Å². The molecule has 1 saturated heterocycles. The van der Waals surface area contributed by atoms with Gasteiger partial charge in [0.1, 0.15) is 0 Å². The van der Waals surface area contributed by atoms with Gasteiger partial charge in [-0.3, -0.25) is 0 Å². The van der Waals surface area contributed by atoms with E-state index >= 15 is 0 Å². The van der Waals surface area contributed by atoms with Gasteiger partial charge in [0.25, 0.3) is 0 Å². The van der Waals surface area contributed by atoms with Crippen molar-refractivity contribution >= 4 is 0 Å². The summed E-state index contributed by atoms with van der Waals surface area (Å²) in [6, 6.07) is 20.9. The molecule has 3 heteroatoms. The van der Waals surface area contributed by atoms with Crippen molar-refractivity contribution in [2.75, 3.05) is 13.2 Å². The van der Waals surface area contributed by atoms with Crippen molar-refractivity contribution in [2.24, 2.45) is 0 Å². The van der Waals surface area contributed by atoms with Gasteiger partial charge in [-0.1, -0.05) is 60.7 Å². The third kappa shape index (κ3) is 4.41. The van der Waals surface area contributed by atoms with Crippen LogP contribution >= 0.6 is 0 Å². The largest absolute Gasteiger partial charge is 0.375 e. The van der Waals surface area contributed by atoms with E-state index in [0.717, 1.165) is 13.0 Å². The van der Waals surface area contributed by atoms with E-state index in [0.29, 0.717) is 19.8 Å². The lowest BCUT2D eigenvalue weighted by Crippen LogP contribution is -2.36. The SMILES string of the molecule is c1ccc(COCC2NCCC2OCc2ccccc2)cc1. The van der Waals surface area contributed by atoms with Crippen LogP contribution in [0.3, 0.4) is 0 Å². The molecule has 0 aliphatic carbocycles. The van der Waals surface area contributed by atoms with Crippen molar-refractivity contribution in [3.63, 3.8) is 0 Å². The zero-order chi connectivity index (χ0) is 15.0. The molecule has 116 valence electrons. The van der Waals surface area contributed by atoms with Gasteiger partial charge in [-0.25, -0.2) is 0 Å². The zero-order valence-electron chi connectivity index (χ0n) is 12.8. The van der Waals surface area contributed by atoms with E-state index in [1.807, 2.05) is 36.4 Å². The molecule has 1 aliphatic heterocycles. The fourth-order valence-corrected chi connectivity index (χ4v) is 2.76. The van der Waals surface area contributed by atoms with E-state index in [2.05, 4.69) is 29.6 Å². The molecular formula is C19H23NO2. The highest BCUT2D eigenvalue weighted by atomic mass is 16.5. The highest BCUT2D eigenvalue weighted by Crippen LogP contribution is 2.15. The fraction of sp³-hybridized carbons (Fsp3) is 0.368. The molecule has 1 N–H and O–H groups in total. The van der Waals surface area contributed by atoms with E-state index in [4.69, 9.17) is 9.47 Å². The van der Waals surface area contributed by atoms with Crippen LogP contribution in [0.5, 0.6) is 0 Å². The highest BCUT2D eigenvalue weighted by Gasteiger charge is 2.27.